The van der Waals surface area contributed by atoms with Crippen molar-refractivity contribution in [3.63, 3.8) is 0 Å². The number of benzene rings is 2. The first-order chi connectivity index (χ1) is 28.4. The highest BCUT2D eigenvalue weighted by atomic mass is 16.6. The smallest absolute Gasteiger partial charge is 0.408 e. The van der Waals surface area contributed by atoms with Crippen molar-refractivity contribution in [3.05, 3.63) is 72.8 Å². The molecule has 1 aliphatic heterocycles. The first-order valence-corrected chi connectivity index (χ1v) is 20.1. The van der Waals surface area contributed by atoms with Crippen LogP contribution >= 0.6 is 0 Å². The normalized spacial score (nSPS) is 19.6. The van der Waals surface area contributed by atoms with Crippen molar-refractivity contribution >= 4 is 23.9 Å². The average Bonchev–Trinajstić information content (AvgIpc) is 3.21. The average molecular weight is 837 g/mol. The SMILES string of the molecule is CC(C)(CCCCOc1cc(-c2ccccc2)cc(-c2ccccc2)n1)CNC(=O)C(CNC(=O)CCNC(=O)NC1OC(CO)C(O)C(O)C1O)NC(=O)OC(C)(C)C. The van der Waals surface area contributed by atoms with Crippen LogP contribution in [0.1, 0.15) is 60.3 Å². The summed E-state index contributed by atoms with van der Waals surface area (Å²) in [7, 11) is 0. The quantitative estimate of drug-likeness (QED) is 0.0791. The van der Waals surface area contributed by atoms with Gasteiger partial charge in [0.1, 0.15) is 36.1 Å². The first kappa shape index (κ1) is 47.3. The number of amides is 5. The van der Waals surface area contributed by atoms with Crippen molar-refractivity contribution in [2.24, 2.45) is 5.41 Å². The number of ether oxygens (including phenoxy) is 3. The highest BCUT2D eigenvalue weighted by Gasteiger charge is 2.44. The van der Waals surface area contributed by atoms with Crippen molar-refractivity contribution < 1.29 is 53.8 Å². The predicted molar refractivity (Wildman–Crippen MR) is 222 cm³/mol. The molecule has 4 rings (SSSR count). The van der Waals surface area contributed by atoms with E-state index in [4.69, 9.17) is 19.2 Å². The maximum absolute atomic E-state index is 13.4. The molecule has 9 N–H and O–H groups in total. The third-order valence-electron chi connectivity index (χ3n) is 9.53. The summed E-state index contributed by atoms with van der Waals surface area (Å²) in [6.07, 6.45) is -6.35. The zero-order valence-corrected chi connectivity index (χ0v) is 34.9. The number of aliphatic hydroxyl groups excluding tert-OH is 4. The van der Waals surface area contributed by atoms with E-state index < -0.39 is 72.8 Å². The monoisotopic (exact) mass is 836 g/mol. The molecule has 0 spiro atoms. The van der Waals surface area contributed by atoms with Crippen LogP contribution in [0.25, 0.3) is 22.4 Å². The van der Waals surface area contributed by atoms with Gasteiger partial charge in [0.05, 0.1) is 18.9 Å². The van der Waals surface area contributed by atoms with E-state index in [9.17, 15) is 39.6 Å². The molecule has 60 heavy (non-hydrogen) atoms. The Balaban J connectivity index is 1.23. The number of nitrogens with one attached hydrogen (secondary N) is 5. The van der Waals surface area contributed by atoms with Crippen LogP contribution < -0.4 is 31.3 Å². The number of carbonyl (C=O) groups excluding carboxylic acids is 4. The number of hydrogen-bond acceptors (Lipinski definition) is 12. The summed E-state index contributed by atoms with van der Waals surface area (Å²) in [5, 5.41) is 52.0. The van der Waals surface area contributed by atoms with Crippen LogP contribution in [0.4, 0.5) is 9.59 Å². The summed E-state index contributed by atoms with van der Waals surface area (Å²) in [6, 6.07) is 21.9. The summed E-state index contributed by atoms with van der Waals surface area (Å²) in [5.41, 5.74) is 2.70. The number of pyridine rings is 1. The van der Waals surface area contributed by atoms with Crippen molar-refractivity contribution in [1.82, 2.24) is 31.6 Å². The topological polar surface area (TPSA) is 250 Å². The molecule has 1 aliphatic rings. The van der Waals surface area contributed by atoms with Gasteiger partial charge in [0.15, 0.2) is 6.23 Å². The summed E-state index contributed by atoms with van der Waals surface area (Å²) < 4.78 is 16.7. The van der Waals surface area contributed by atoms with Gasteiger partial charge in [0.2, 0.25) is 17.7 Å². The van der Waals surface area contributed by atoms with Crippen molar-refractivity contribution in [1.29, 1.82) is 0 Å². The Kier molecular flexibility index (Phi) is 17.6. The molecule has 6 atom stereocenters. The van der Waals surface area contributed by atoms with Crippen LogP contribution in [0.3, 0.4) is 0 Å². The van der Waals surface area contributed by atoms with Gasteiger partial charge in [-0.25, -0.2) is 14.6 Å². The number of aliphatic hydroxyl groups is 4. The number of unbranched alkanes of at least 4 members (excludes halogenated alkanes) is 1. The van der Waals surface area contributed by atoms with E-state index in [2.05, 4.69) is 32.7 Å². The highest BCUT2D eigenvalue weighted by Crippen LogP contribution is 2.29. The second-order valence-corrected chi connectivity index (χ2v) is 16.4. The fraction of sp³-hybridized carbons (Fsp3) is 0.512. The first-order valence-electron chi connectivity index (χ1n) is 20.1. The van der Waals surface area contributed by atoms with E-state index in [1.807, 2.05) is 80.6 Å². The summed E-state index contributed by atoms with van der Waals surface area (Å²) in [5.74, 6) is -0.549. The Bertz CT molecular complexity index is 1780. The molecule has 2 heterocycles. The minimum absolute atomic E-state index is 0.171. The molecule has 0 saturated carbocycles. The Morgan fingerprint density at radius 1 is 0.817 bits per heavy atom. The fourth-order valence-electron chi connectivity index (χ4n) is 6.21. The van der Waals surface area contributed by atoms with Gasteiger partial charge in [-0.05, 0) is 62.6 Å². The van der Waals surface area contributed by atoms with Crippen molar-refractivity contribution in [2.45, 2.75) is 103 Å². The molecular formula is C43H60N6O11. The van der Waals surface area contributed by atoms with E-state index in [-0.39, 0.29) is 31.5 Å². The number of nitrogens with zero attached hydrogens (tertiary/aromatic N) is 1. The predicted octanol–water partition coefficient (Wildman–Crippen LogP) is 2.61. The van der Waals surface area contributed by atoms with E-state index in [0.29, 0.717) is 12.5 Å². The molecule has 2 aromatic carbocycles. The van der Waals surface area contributed by atoms with Crippen LogP contribution in [-0.4, -0.2) is 124 Å². The summed E-state index contributed by atoms with van der Waals surface area (Å²) in [6.45, 7) is 8.69. The standard InChI is InChI=1S/C43H60N6O11/c1-42(2,3)60-41(57)48-31(24-45-33(51)18-20-44-40(56)49-39-37(54)36(53)35(52)32(25-50)59-39)38(55)46-26-43(4,5)19-12-13-21-58-34-23-29(27-14-8-6-9-15-27)22-30(47-34)28-16-10-7-11-17-28/h6-11,14-17,22-23,31-32,35-37,39,50,52-54H,12-13,18-21,24-26H2,1-5H3,(H,45,51)(H,46,55)(H,48,57)(H2,44,49,56). The Morgan fingerprint density at radius 2 is 1.48 bits per heavy atom. The maximum atomic E-state index is 13.4. The van der Waals surface area contributed by atoms with Crippen LogP contribution in [-0.2, 0) is 19.1 Å². The number of alkyl carbamates (subject to hydrolysis) is 1. The van der Waals surface area contributed by atoms with Gasteiger partial charge in [-0.1, -0.05) is 74.5 Å². The molecule has 0 bridgehead atoms. The van der Waals surface area contributed by atoms with E-state index >= 15 is 0 Å². The van der Waals surface area contributed by atoms with Gasteiger partial charge in [-0.3, -0.25) is 9.59 Å². The zero-order valence-electron chi connectivity index (χ0n) is 34.9. The highest BCUT2D eigenvalue weighted by molar-refractivity contribution is 5.87. The van der Waals surface area contributed by atoms with Crippen LogP contribution in [0.5, 0.6) is 5.88 Å². The van der Waals surface area contributed by atoms with Gasteiger partial charge < -0.3 is 61.2 Å². The minimum Gasteiger partial charge on any atom is -0.478 e. The maximum Gasteiger partial charge on any atom is 0.408 e. The lowest BCUT2D eigenvalue weighted by atomic mass is 9.87. The Hall–Kier alpha value is -5.33. The van der Waals surface area contributed by atoms with Crippen molar-refractivity contribution in [3.8, 4) is 28.3 Å². The third-order valence-corrected chi connectivity index (χ3v) is 9.53. The second kappa shape index (κ2) is 22.3. The summed E-state index contributed by atoms with van der Waals surface area (Å²) >= 11 is 0. The summed E-state index contributed by atoms with van der Waals surface area (Å²) in [4.78, 5) is 55.9. The molecule has 0 radical (unpaired) electrons. The molecule has 17 nitrogen and oxygen atoms in total. The third kappa shape index (κ3) is 15.4. The molecule has 1 aromatic heterocycles. The molecule has 6 unspecified atom stereocenters. The molecule has 17 heteroatoms. The van der Waals surface area contributed by atoms with Crippen LogP contribution in [0.15, 0.2) is 72.8 Å². The Labute approximate surface area is 350 Å². The second-order valence-electron chi connectivity index (χ2n) is 16.4. The number of rotatable bonds is 19. The van der Waals surface area contributed by atoms with Crippen LogP contribution in [0, 0.1) is 5.41 Å². The van der Waals surface area contributed by atoms with Gasteiger partial charge in [0.25, 0.3) is 0 Å². The minimum atomic E-state index is -1.68. The lowest BCUT2D eigenvalue weighted by Crippen LogP contribution is -2.64. The molecule has 1 fully saturated rings. The molecule has 1 saturated heterocycles. The lowest BCUT2D eigenvalue weighted by Gasteiger charge is -2.40. The Morgan fingerprint density at radius 3 is 2.13 bits per heavy atom. The van der Waals surface area contributed by atoms with E-state index in [1.54, 1.807) is 20.8 Å². The van der Waals surface area contributed by atoms with Gasteiger partial charge in [0, 0.05) is 37.7 Å². The van der Waals surface area contributed by atoms with Crippen LogP contribution in [0.2, 0.25) is 0 Å². The molecule has 3 aromatic rings. The number of aromatic nitrogens is 1. The van der Waals surface area contributed by atoms with Crippen molar-refractivity contribution in [2.75, 3.05) is 32.8 Å². The van der Waals surface area contributed by atoms with Gasteiger partial charge in [-0.2, -0.15) is 0 Å². The molecule has 0 aliphatic carbocycles. The molecular weight excluding hydrogens is 777 g/mol. The molecule has 5 amide bonds. The van der Waals surface area contributed by atoms with E-state index in [0.717, 1.165) is 41.6 Å². The zero-order chi connectivity index (χ0) is 43.9. The number of urea groups is 1. The van der Waals surface area contributed by atoms with Gasteiger partial charge in [-0.15, -0.1) is 0 Å². The fourth-order valence-corrected chi connectivity index (χ4v) is 6.21. The lowest BCUT2D eigenvalue weighted by molar-refractivity contribution is -0.233. The number of carbonyl (C=O) groups is 4. The molecule has 328 valence electrons. The number of hydrogen-bond donors (Lipinski definition) is 9. The largest absolute Gasteiger partial charge is 0.478 e. The van der Waals surface area contributed by atoms with E-state index in [1.165, 1.54) is 0 Å². The van der Waals surface area contributed by atoms with Gasteiger partial charge >= 0.3 is 12.1 Å².